The van der Waals surface area contributed by atoms with Gasteiger partial charge in [-0.3, -0.25) is 0 Å². The van der Waals surface area contributed by atoms with Gasteiger partial charge in [0.2, 0.25) is 0 Å². The summed E-state index contributed by atoms with van der Waals surface area (Å²) in [6.07, 6.45) is 12.2. The Morgan fingerprint density at radius 3 is 1.43 bits per heavy atom. The first-order valence-electron chi connectivity index (χ1n) is 9.23. The van der Waals surface area contributed by atoms with Gasteiger partial charge < -0.3 is 10.1 Å². The van der Waals surface area contributed by atoms with E-state index in [0.29, 0.717) is 0 Å². The van der Waals surface area contributed by atoms with Crippen molar-refractivity contribution in [1.29, 1.82) is 0 Å². The third-order valence-electron chi connectivity index (χ3n) is 3.02. The van der Waals surface area contributed by atoms with E-state index in [1.54, 1.807) is 7.11 Å². The van der Waals surface area contributed by atoms with Crippen LogP contribution in [-0.2, 0) is 4.74 Å². The fraction of sp³-hybridized carbons (Fsp3) is 1.00. The average molecular weight is 304 g/mol. The molecule has 0 radical (unpaired) electrons. The lowest BCUT2D eigenvalue weighted by Crippen LogP contribution is -2.12. The van der Waals surface area contributed by atoms with Crippen LogP contribution >= 0.6 is 0 Å². The third-order valence-corrected chi connectivity index (χ3v) is 3.02. The van der Waals surface area contributed by atoms with Crippen LogP contribution in [0.3, 0.4) is 0 Å². The number of rotatable bonds is 11. The maximum atomic E-state index is 4.89. The Morgan fingerprint density at radius 1 is 0.762 bits per heavy atom. The van der Waals surface area contributed by atoms with Crippen molar-refractivity contribution in [2.24, 2.45) is 5.92 Å². The third kappa shape index (κ3) is 45.0. The van der Waals surface area contributed by atoms with Crippen molar-refractivity contribution in [3.05, 3.63) is 0 Å². The number of unbranched alkanes of at least 4 members (excludes halogenated alkanes) is 7. The van der Waals surface area contributed by atoms with Gasteiger partial charge in [0.1, 0.15) is 0 Å². The molecule has 0 atom stereocenters. The van der Waals surface area contributed by atoms with Gasteiger partial charge in [0.15, 0.2) is 0 Å². The second-order valence-corrected chi connectivity index (χ2v) is 6.07. The highest BCUT2D eigenvalue weighted by atomic mass is 16.5. The van der Waals surface area contributed by atoms with Crippen LogP contribution in [0.25, 0.3) is 0 Å². The first-order chi connectivity index (χ1) is 10.1. The fourth-order valence-electron chi connectivity index (χ4n) is 1.76. The molecular formula is C19H45NO. The molecule has 0 aromatic heterocycles. The molecular weight excluding hydrogens is 258 g/mol. The van der Waals surface area contributed by atoms with Crippen molar-refractivity contribution in [1.82, 2.24) is 5.32 Å². The molecule has 0 unspecified atom stereocenters. The van der Waals surface area contributed by atoms with E-state index < -0.39 is 0 Å². The van der Waals surface area contributed by atoms with Crippen LogP contribution in [0.15, 0.2) is 0 Å². The summed E-state index contributed by atoms with van der Waals surface area (Å²) in [4.78, 5) is 0. The van der Waals surface area contributed by atoms with E-state index in [9.17, 15) is 0 Å². The largest absolute Gasteiger partial charge is 0.385 e. The van der Waals surface area contributed by atoms with E-state index in [4.69, 9.17) is 4.74 Å². The molecule has 0 bridgehead atoms. The number of hydrogen-bond donors (Lipinski definition) is 1. The van der Waals surface area contributed by atoms with E-state index in [-0.39, 0.29) is 0 Å². The summed E-state index contributed by atoms with van der Waals surface area (Å²) in [5, 5.41) is 3.07. The highest BCUT2D eigenvalue weighted by Crippen LogP contribution is 2.00. The summed E-state index contributed by atoms with van der Waals surface area (Å²) in [5.41, 5.74) is 0. The Morgan fingerprint density at radius 2 is 1.19 bits per heavy atom. The fourth-order valence-corrected chi connectivity index (χ4v) is 1.76. The lowest BCUT2D eigenvalue weighted by Gasteiger charge is -1.98. The maximum Gasteiger partial charge on any atom is 0.0462 e. The molecule has 0 aromatic carbocycles. The van der Waals surface area contributed by atoms with Crippen molar-refractivity contribution >= 4 is 0 Å². The molecule has 132 valence electrons. The first kappa shape index (κ1) is 25.9. The molecule has 0 aromatic rings. The van der Waals surface area contributed by atoms with Crippen LogP contribution in [0.2, 0.25) is 0 Å². The predicted octanol–water partition coefficient (Wildman–Crippen LogP) is 6.05. The molecule has 1 N–H and O–H groups in total. The highest BCUT2D eigenvalue weighted by molar-refractivity contribution is 4.42. The van der Waals surface area contributed by atoms with Crippen molar-refractivity contribution in [2.45, 2.75) is 92.4 Å². The van der Waals surface area contributed by atoms with Crippen LogP contribution in [0, 0.1) is 5.92 Å². The summed E-state index contributed by atoms with van der Waals surface area (Å²) in [6, 6.07) is 0. The van der Waals surface area contributed by atoms with Gasteiger partial charge in [-0.2, -0.15) is 0 Å². The molecule has 0 aliphatic carbocycles. The average Bonchev–Trinajstić information content (AvgIpc) is 2.46. The van der Waals surface area contributed by atoms with Gasteiger partial charge in [-0.1, -0.05) is 86.0 Å². The van der Waals surface area contributed by atoms with Crippen LogP contribution in [0.1, 0.15) is 92.4 Å². The molecule has 0 amide bonds. The second-order valence-electron chi connectivity index (χ2n) is 6.07. The smallest absolute Gasteiger partial charge is 0.0462 e. The first-order valence-corrected chi connectivity index (χ1v) is 9.23. The molecule has 2 nitrogen and oxygen atoms in total. The predicted molar refractivity (Wildman–Crippen MR) is 99.2 cm³/mol. The van der Waals surface area contributed by atoms with Crippen molar-refractivity contribution < 1.29 is 4.74 Å². The minimum atomic E-state index is 0.787. The monoisotopic (exact) mass is 303 g/mol. The summed E-state index contributed by atoms with van der Waals surface area (Å²) in [5.74, 6) is 0.787. The lowest BCUT2D eigenvalue weighted by molar-refractivity contribution is 0.192. The summed E-state index contributed by atoms with van der Waals surface area (Å²) in [6.45, 7) is 13.1. The van der Waals surface area contributed by atoms with Crippen LogP contribution < -0.4 is 5.32 Å². The Bertz CT molecular complexity index is 128. The van der Waals surface area contributed by atoms with Gasteiger partial charge in [0.05, 0.1) is 0 Å². The maximum absolute atomic E-state index is 4.89. The number of methoxy groups -OCH3 is 1. The molecule has 0 rings (SSSR count). The highest BCUT2D eigenvalue weighted by Gasteiger charge is 1.84. The SMILES string of the molecule is CCCCCCC.CCCCCCOC.CNCC(C)C. The lowest BCUT2D eigenvalue weighted by atomic mass is 10.2. The van der Waals surface area contributed by atoms with E-state index in [2.05, 4.69) is 39.9 Å². The van der Waals surface area contributed by atoms with Gasteiger partial charge in [-0.25, -0.2) is 0 Å². The molecule has 21 heavy (non-hydrogen) atoms. The van der Waals surface area contributed by atoms with Crippen LogP contribution in [0.5, 0.6) is 0 Å². The van der Waals surface area contributed by atoms with Gasteiger partial charge in [-0.05, 0) is 25.9 Å². The second kappa shape index (κ2) is 28.1. The van der Waals surface area contributed by atoms with Crippen molar-refractivity contribution in [2.75, 3.05) is 27.3 Å². The molecule has 0 aliphatic heterocycles. The summed E-state index contributed by atoms with van der Waals surface area (Å²) in [7, 11) is 3.73. The zero-order valence-electron chi connectivity index (χ0n) is 16.3. The standard InChI is InChI=1S/C7H16O.C7H16.C5H13N/c1-3-4-5-6-7-8-2;1-3-5-7-6-4-2;1-5(2)4-6-3/h3-7H2,1-2H3;3-7H2,1-2H3;5-6H,4H2,1-3H3. The van der Waals surface area contributed by atoms with Gasteiger partial charge >= 0.3 is 0 Å². The normalized spacial score (nSPS) is 9.71. The number of ether oxygens (including phenoxy) is 1. The van der Waals surface area contributed by atoms with Gasteiger partial charge in [-0.15, -0.1) is 0 Å². The van der Waals surface area contributed by atoms with E-state index >= 15 is 0 Å². The minimum absolute atomic E-state index is 0.787. The van der Waals surface area contributed by atoms with Crippen molar-refractivity contribution in [3.8, 4) is 0 Å². The van der Waals surface area contributed by atoms with Crippen LogP contribution in [-0.4, -0.2) is 27.3 Å². The van der Waals surface area contributed by atoms with E-state index in [1.807, 2.05) is 7.05 Å². The molecule has 2 heteroatoms. The quantitative estimate of drug-likeness (QED) is 0.469. The Labute approximate surface area is 136 Å². The molecule has 0 aliphatic rings. The number of hydrogen-bond acceptors (Lipinski definition) is 2. The zero-order chi connectivity index (χ0) is 16.8. The van der Waals surface area contributed by atoms with E-state index in [1.165, 1.54) is 57.8 Å². The summed E-state index contributed by atoms with van der Waals surface area (Å²) >= 11 is 0. The Kier molecular flexibility index (Phi) is 34.6. The van der Waals surface area contributed by atoms with Gasteiger partial charge in [0.25, 0.3) is 0 Å². The molecule has 0 fully saturated rings. The Hall–Kier alpha value is -0.0800. The molecule has 0 saturated heterocycles. The molecule has 0 saturated carbocycles. The van der Waals surface area contributed by atoms with Gasteiger partial charge in [0, 0.05) is 13.7 Å². The minimum Gasteiger partial charge on any atom is -0.385 e. The summed E-state index contributed by atoms with van der Waals surface area (Å²) < 4.78 is 4.89. The number of nitrogens with one attached hydrogen (secondary N) is 1. The van der Waals surface area contributed by atoms with Crippen molar-refractivity contribution in [3.63, 3.8) is 0 Å². The van der Waals surface area contributed by atoms with Crippen LogP contribution in [0.4, 0.5) is 0 Å². The Balaban J connectivity index is -0.000000234. The topological polar surface area (TPSA) is 21.3 Å². The molecule has 0 spiro atoms. The molecule has 0 heterocycles. The zero-order valence-corrected chi connectivity index (χ0v) is 16.3. The van der Waals surface area contributed by atoms with E-state index in [0.717, 1.165) is 19.1 Å².